The molecule has 0 unspecified atom stereocenters. The van der Waals surface area contributed by atoms with Gasteiger partial charge in [0, 0.05) is 26.1 Å². The summed E-state index contributed by atoms with van der Waals surface area (Å²) in [6.07, 6.45) is 0.493. The van der Waals surface area contributed by atoms with Gasteiger partial charge in [0.2, 0.25) is 0 Å². The van der Waals surface area contributed by atoms with Gasteiger partial charge >= 0.3 is 5.97 Å². The molecule has 0 fully saturated rings. The Morgan fingerprint density at radius 2 is 2.10 bits per heavy atom. The first kappa shape index (κ1) is 16.2. The van der Waals surface area contributed by atoms with Gasteiger partial charge in [0.05, 0.1) is 18.7 Å². The second kappa shape index (κ2) is 8.34. The van der Waals surface area contributed by atoms with Crippen molar-refractivity contribution < 1.29 is 9.53 Å². The molecular weight excluding hydrogens is 252 g/mol. The van der Waals surface area contributed by atoms with E-state index in [4.69, 9.17) is 10.00 Å². The second-order valence-electron chi connectivity index (χ2n) is 5.19. The SMILES string of the molecule is COC(=O)c1ccccc1CN(CCC#N)CC(C)C. The van der Waals surface area contributed by atoms with Crippen LogP contribution in [0.25, 0.3) is 0 Å². The van der Waals surface area contributed by atoms with E-state index in [-0.39, 0.29) is 5.97 Å². The van der Waals surface area contributed by atoms with E-state index in [0.29, 0.717) is 31.0 Å². The van der Waals surface area contributed by atoms with Crippen LogP contribution in [-0.2, 0) is 11.3 Å². The van der Waals surface area contributed by atoms with Crippen LogP contribution in [0, 0.1) is 17.2 Å². The van der Waals surface area contributed by atoms with Gasteiger partial charge in [0.15, 0.2) is 0 Å². The van der Waals surface area contributed by atoms with Gasteiger partial charge in [-0.2, -0.15) is 5.26 Å². The molecule has 20 heavy (non-hydrogen) atoms. The van der Waals surface area contributed by atoms with Crippen LogP contribution in [-0.4, -0.2) is 31.1 Å². The number of methoxy groups -OCH3 is 1. The maximum atomic E-state index is 11.8. The Morgan fingerprint density at radius 1 is 1.40 bits per heavy atom. The Bertz CT molecular complexity index is 478. The Kier molecular flexibility index (Phi) is 6.75. The van der Waals surface area contributed by atoms with Crippen LogP contribution < -0.4 is 0 Å². The lowest BCUT2D eigenvalue weighted by Crippen LogP contribution is -2.29. The molecule has 0 N–H and O–H groups in total. The molecule has 108 valence electrons. The van der Waals surface area contributed by atoms with E-state index < -0.39 is 0 Å². The molecule has 0 heterocycles. The molecular formula is C16H22N2O2. The lowest BCUT2D eigenvalue weighted by Gasteiger charge is -2.24. The molecule has 1 aromatic rings. The van der Waals surface area contributed by atoms with E-state index in [9.17, 15) is 4.79 Å². The highest BCUT2D eigenvalue weighted by molar-refractivity contribution is 5.90. The molecule has 0 saturated heterocycles. The van der Waals surface area contributed by atoms with E-state index >= 15 is 0 Å². The number of nitriles is 1. The van der Waals surface area contributed by atoms with E-state index in [2.05, 4.69) is 24.8 Å². The Hall–Kier alpha value is -1.86. The Morgan fingerprint density at radius 3 is 2.70 bits per heavy atom. The third-order valence-electron chi connectivity index (χ3n) is 2.98. The first-order chi connectivity index (χ1) is 9.58. The molecule has 0 aliphatic heterocycles. The van der Waals surface area contributed by atoms with Crippen molar-refractivity contribution in [1.29, 1.82) is 5.26 Å². The monoisotopic (exact) mass is 274 g/mol. The van der Waals surface area contributed by atoms with Gasteiger partial charge in [-0.1, -0.05) is 32.0 Å². The second-order valence-corrected chi connectivity index (χ2v) is 5.19. The standard InChI is InChI=1S/C16H22N2O2/c1-13(2)11-18(10-6-9-17)12-14-7-4-5-8-15(14)16(19)20-3/h4-5,7-8,13H,6,10-12H2,1-3H3. The fraction of sp³-hybridized carbons (Fsp3) is 0.500. The predicted octanol–water partition coefficient (Wildman–Crippen LogP) is 2.84. The highest BCUT2D eigenvalue weighted by atomic mass is 16.5. The number of carbonyl (C=O) groups excluding carboxylic acids is 1. The van der Waals surface area contributed by atoms with E-state index in [1.54, 1.807) is 6.07 Å². The minimum atomic E-state index is -0.314. The third kappa shape index (κ3) is 5.02. The van der Waals surface area contributed by atoms with Crippen LogP contribution >= 0.6 is 0 Å². The van der Waals surface area contributed by atoms with Gasteiger partial charge in [-0.25, -0.2) is 4.79 Å². The van der Waals surface area contributed by atoms with Gasteiger partial charge in [-0.15, -0.1) is 0 Å². The summed E-state index contributed by atoms with van der Waals surface area (Å²) >= 11 is 0. The van der Waals surface area contributed by atoms with Crippen molar-refractivity contribution in [2.24, 2.45) is 5.92 Å². The molecule has 0 bridgehead atoms. The zero-order valence-corrected chi connectivity index (χ0v) is 12.4. The molecule has 0 amide bonds. The van der Waals surface area contributed by atoms with Gasteiger partial charge in [-0.05, 0) is 17.5 Å². The van der Waals surface area contributed by atoms with Crippen molar-refractivity contribution in [3.63, 3.8) is 0 Å². The molecule has 0 radical (unpaired) electrons. The fourth-order valence-corrected chi connectivity index (χ4v) is 2.17. The highest BCUT2D eigenvalue weighted by Crippen LogP contribution is 2.14. The first-order valence-electron chi connectivity index (χ1n) is 6.84. The quantitative estimate of drug-likeness (QED) is 0.717. The van der Waals surface area contributed by atoms with Crippen LogP contribution in [0.3, 0.4) is 0 Å². The lowest BCUT2D eigenvalue weighted by atomic mass is 10.1. The summed E-state index contributed by atoms with van der Waals surface area (Å²) in [5.41, 5.74) is 1.54. The smallest absolute Gasteiger partial charge is 0.338 e. The van der Waals surface area contributed by atoms with Gasteiger partial charge in [-0.3, -0.25) is 4.90 Å². The minimum absolute atomic E-state index is 0.314. The summed E-state index contributed by atoms with van der Waals surface area (Å²) in [7, 11) is 1.39. The number of rotatable bonds is 7. The van der Waals surface area contributed by atoms with Crippen molar-refractivity contribution in [2.75, 3.05) is 20.2 Å². The van der Waals surface area contributed by atoms with Gasteiger partial charge < -0.3 is 4.74 Å². The van der Waals surface area contributed by atoms with E-state index in [0.717, 1.165) is 12.1 Å². The van der Waals surface area contributed by atoms with Crippen LogP contribution in [0.2, 0.25) is 0 Å². The number of carbonyl (C=O) groups is 1. The molecule has 0 aliphatic carbocycles. The number of esters is 1. The lowest BCUT2D eigenvalue weighted by molar-refractivity contribution is 0.0598. The molecule has 0 aliphatic rings. The minimum Gasteiger partial charge on any atom is -0.465 e. The summed E-state index contributed by atoms with van der Waals surface area (Å²) in [6, 6.07) is 9.63. The third-order valence-corrected chi connectivity index (χ3v) is 2.98. The summed E-state index contributed by atoms with van der Waals surface area (Å²) in [5, 5.41) is 8.75. The molecule has 0 aromatic heterocycles. The molecule has 4 heteroatoms. The first-order valence-corrected chi connectivity index (χ1v) is 6.84. The van der Waals surface area contributed by atoms with E-state index in [1.807, 2.05) is 18.2 Å². The van der Waals surface area contributed by atoms with Crippen molar-refractivity contribution in [1.82, 2.24) is 4.90 Å². The average molecular weight is 274 g/mol. The number of benzene rings is 1. The van der Waals surface area contributed by atoms with Crippen molar-refractivity contribution >= 4 is 5.97 Å². The molecule has 0 saturated carbocycles. The Labute approximate surface area is 121 Å². The maximum Gasteiger partial charge on any atom is 0.338 e. The zero-order valence-electron chi connectivity index (χ0n) is 12.4. The van der Waals surface area contributed by atoms with Crippen LogP contribution in [0.4, 0.5) is 0 Å². The fourth-order valence-electron chi connectivity index (χ4n) is 2.17. The van der Waals surface area contributed by atoms with Crippen LogP contribution in [0.15, 0.2) is 24.3 Å². The summed E-state index contributed by atoms with van der Waals surface area (Å²) in [6.45, 7) is 6.56. The van der Waals surface area contributed by atoms with Crippen molar-refractivity contribution in [2.45, 2.75) is 26.8 Å². The zero-order chi connectivity index (χ0) is 15.0. The molecule has 1 aromatic carbocycles. The van der Waals surface area contributed by atoms with Gasteiger partial charge in [0.1, 0.15) is 0 Å². The molecule has 0 spiro atoms. The van der Waals surface area contributed by atoms with Crippen molar-refractivity contribution in [3.8, 4) is 6.07 Å². The van der Waals surface area contributed by atoms with E-state index in [1.165, 1.54) is 7.11 Å². The number of nitrogens with zero attached hydrogens (tertiary/aromatic N) is 2. The molecule has 4 nitrogen and oxygen atoms in total. The Balaban J connectivity index is 2.87. The normalized spacial score (nSPS) is 10.6. The number of hydrogen-bond acceptors (Lipinski definition) is 4. The summed E-state index contributed by atoms with van der Waals surface area (Å²) < 4.78 is 4.81. The average Bonchev–Trinajstić information content (AvgIpc) is 2.44. The summed E-state index contributed by atoms with van der Waals surface area (Å²) in [5.74, 6) is 0.198. The van der Waals surface area contributed by atoms with Crippen molar-refractivity contribution in [3.05, 3.63) is 35.4 Å². The number of hydrogen-bond donors (Lipinski definition) is 0. The highest BCUT2D eigenvalue weighted by Gasteiger charge is 2.14. The maximum absolute atomic E-state index is 11.8. The predicted molar refractivity (Wildman–Crippen MR) is 78.1 cm³/mol. The number of ether oxygens (including phenoxy) is 1. The van der Waals surface area contributed by atoms with Crippen LogP contribution in [0.5, 0.6) is 0 Å². The topological polar surface area (TPSA) is 53.3 Å². The summed E-state index contributed by atoms with van der Waals surface area (Å²) in [4.78, 5) is 14.0. The largest absolute Gasteiger partial charge is 0.465 e. The molecule has 0 atom stereocenters. The molecule has 1 rings (SSSR count). The van der Waals surface area contributed by atoms with Crippen LogP contribution in [0.1, 0.15) is 36.2 Å². The van der Waals surface area contributed by atoms with Gasteiger partial charge in [0.25, 0.3) is 0 Å².